The second kappa shape index (κ2) is 6.47. The summed E-state index contributed by atoms with van der Waals surface area (Å²) in [7, 11) is 1.50. The van der Waals surface area contributed by atoms with Crippen molar-refractivity contribution < 1.29 is 27.4 Å². The molecule has 0 heterocycles. The number of nitrogens with one attached hydrogen (secondary N) is 1. The number of ether oxygens (including phenoxy) is 2. The summed E-state index contributed by atoms with van der Waals surface area (Å²) in [6.07, 6.45) is -5.00. The molecule has 0 radical (unpaired) electrons. The van der Waals surface area contributed by atoms with Crippen LogP contribution in [-0.2, 0) is 4.74 Å². The lowest BCUT2D eigenvalue weighted by Gasteiger charge is -2.13. The highest BCUT2D eigenvalue weighted by atomic mass is 19.4. The molecule has 0 aliphatic rings. The van der Waals surface area contributed by atoms with Crippen LogP contribution in [0, 0.1) is 0 Å². The van der Waals surface area contributed by atoms with Gasteiger partial charge in [-0.15, -0.1) is 13.2 Å². The molecule has 3 N–H and O–H groups in total. The minimum atomic E-state index is -4.83. The Bertz CT molecular complexity index is 478. The number of benzene rings is 1. The third-order valence-corrected chi connectivity index (χ3v) is 2.45. The number of methoxy groups -OCH3 is 1. The quantitative estimate of drug-likeness (QED) is 0.813. The van der Waals surface area contributed by atoms with E-state index >= 15 is 0 Å². The molecular weight excluding hydrogens is 277 g/mol. The van der Waals surface area contributed by atoms with Crippen molar-refractivity contribution in [2.24, 2.45) is 0 Å². The number of hydrogen-bond donors (Lipinski definition) is 2. The number of halogens is 3. The second-order valence-electron chi connectivity index (χ2n) is 4.06. The van der Waals surface area contributed by atoms with Gasteiger partial charge in [0.15, 0.2) is 5.75 Å². The Hall–Kier alpha value is -1.96. The lowest BCUT2D eigenvalue weighted by Crippen LogP contribution is -2.31. The molecule has 5 nitrogen and oxygen atoms in total. The Labute approximate surface area is 113 Å². The van der Waals surface area contributed by atoms with Crippen LogP contribution >= 0.6 is 0 Å². The van der Waals surface area contributed by atoms with E-state index in [2.05, 4.69) is 10.1 Å². The Balaban J connectivity index is 2.74. The fourth-order valence-electron chi connectivity index (χ4n) is 1.33. The van der Waals surface area contributed by atoms with Gasteiger partial charge >= 0.3 is 6.36 Å². The lowest BCUT2D eigenvalue weighted by molar-refractivity contribution is -0.274. The van der Waals surface area contributed by atoms with Crippen LogP contribution in [-0.4, -0.2) is 32.0 Å². The van der Waals surface area contributed by atoms with Crippen LogP contribution in [0.5, 0.6) is 5.75 Å². The summed E-state index contributed by atoms with van der Waals surface area (Å²) < 4.78 is 44.8. The third kappa shape index (κ3) is 4.96. The molecule has 0 fully saturated rings. The predicted molar refractivity (Wildman–Crippen MR) is 66.3 cm³/mol. The average molecular weight is 292 g/mol. The van der Waals surface area contributed by atoms with Crippen LogP contribution in [0.2, 0.25) is 0 Å². The third-order valence-electron chi connectivity index (χ3n) is 2.45. The first-order valence-corrected chi connectivity index (χ1v) is 5.69. The molecule has 1 aromatic carbocycles. The molecule has 112 valence electrons. The molecule has 1 unspecified atom stereocenters. The van der Waals surface area contributed by atoms with Crippen molar-refractivity contribution in [3.63, 3.8) is 0 Å². The van der Waals surface area contributed by atoms with E-state index in [0.29, 0.717) is 0 Å². The summed E-state index contributed by atoms with van der Waals surface area (Å²) in [5.74, 6) is -1.00. The van der Waals surface area contributed by atoms with E-state index in [-0.39, 0.29) is 23.9 Å². The average Bonchev–Trinajstić information content (AvgIpc) is 2.36. The molecule has 20 heavy (non-hydrogen) atoms. The number of hydrogen-bond acceptors (Lipinski definition) is 4. The molecule has 8 heteroatoms. The maximum atomic E-state index is 12.1. The van der Waals surface area contributed by atoms with Crippen molar-refractivity contribution in [3.8, 4) is 5.75 Å². The van der Waals surface area contributed by atoms with Gasteiger partial charge in [0.25, 0.3) is 5.91 Å². The summed E-state index contributed by atoms with van der Waals surface area (Å²) in [6, 6.07) is 3.32. The topological polar surface area (TPSA) is 73.6 Å². The first-order chi connectivity index (χ1) is 9.23. The molecule has 0 saturated carbocycles. The van der Waals surface area contributed by atoms with E-state index in [9.17, 15) is 18.0 Å². The van der Waals surface area contributed by atoms with E-state index in [1.165, 1.54) is 13.2 Å². The second-order valence-corrected chi connectivity index (χ2v) is 4.06. The van der Waals surface area contributed by atoms with Crippen LogP contribution in [0.1, 0.15) is 17.3 Å². The fourth-order valence-corrected chi connectivity index (χ4v) is 1.33. The first-order valence-electron chi connectivity index (χ1n) is 5.69. The minimum Gasteiger partial charge on any atom is -0.404 e. The standard InChI is InChI=1S/C12H15F3N2O3/c1-7(19-2)6-17-11(18)8-3-4-10(9(16)5-8)20-12(13,14)15/h3-5,7H,6,16H2,1-2H3,(H,17,18). The number of rotatable bonds is 5. The van der Waals surface area contributed by atoms with Gasteiger partial charge in [-0.25, -0.2) is 0 Å². The molecule has 0 bridgehead atoms. The normalized spacial score (nSPS) is 12.8. The summed E-state index contributed by atoms with van der Waals surface area (Å²) in [4.78, 5) is 11.7. The van der Waals surface area contributed by atoms with Gasteiger partial charge < -0.3 is 20.5 Å². The molecular formula is C12H15F3N2O3. The molecule has 0 aliphatic carbocycles. The van der Waals surface area contributed by atoms with E-state index in [1.807, 2.05) is 0 Å². The van der Waals surface area contributed by atoms with Crippen molar-refractivity contribution >= 4 is 11.6 Å². The number of alkyl halides is 3. The molecule has 0 aromatic heterocycles. The fraction of sp³-hybridized carbons (Fsp3) is 0.417. The summed E-state index contributed by atoms with van der Waals surface area (Å²) >= 11 is 0. The minimum absolute atomic E-state index is 0.139. The van der Waals surface area contributed by atoms with Crippen molar-refractivity contribution in [3.05, 3.63) is 23.8 Å². The zero-order chi connectivity index (χ0) is 15.3. The highest BCUT2D eigenvalue weighted by Gasteiger charge is 2.32. The summed E-state index contributed by atoms with van der Waals surface area (Å²) in [5.41, 5.74) is 5.29. The first kappa shape index (κ1) is 16.1. The van der Waals surface area contributed by atoms with Crippen LogP contribution in [0.15, 0.2) is 18.2 Å². The number of anilines is 1. The summed E-state index contributed by atoms with van der Waals surface area (Å²) in [5, 5.41) is 2.56. The highest BCUT2D eigenvalue weighted by molar-refractivity contribution is 5.95. The van der Waals surface area contributed by atoms with Gasteiger partial charge in [-0.05, 0) is 25.1 Å². The predicted octanol–water partition coefficient (Wildman–Crippen LogP) is 1.93. The number of carbonyl (C=O) groups is 1. The van der Waals surface area contributed by atoms with Gasteiger partial charge in [0.2, 0.25) is 0 Å². The van der Waals surface area contributed by atoms with Crippen molar-refractivity contribution in [1.29, 1.82) is 0 Å². The Morgan fingerprint density at radius 2 is 2.10 bits per heavy atom. The van der Waals surface area contributed by atoms with Crippen LogP contribution in [0.3, 0.4) is 0 Å². The number of carbonyl (C=O) groups excluding carboxylic acids is 1. The van der Waals surface area contributed by atoms with Crippen LogP contribution in [0.4, 0.5) is 18.9 Å². The highest BCUT2D eigenvalue weighted by Crippen LogP contribution is 2.28. The van der Waals surface area contributed by atoms with Crippen molar-refractivity contribution in [2.75, 3.05) is 19.4 Å². The zero-order valence-corrected chi connectivity index (χ0v) is 11.0. The Kier molecular flexibility index (Phi) is 5.20. The SMILES string of the molecule is COC(C)CNC(=O)c1ccc(OC(F)(F)F)c(N)c1. The number of nitrogens with two attached hydrogens (primary N) is 1. The van der Waals surface area contributed by atoms with Crippen molar-refractivity contribution in [2.45, 2.75) is 19.4 Å². The smallest absolute Gasteiger partial charge is 0.404 e. The molecule has 1 rings (SSSR count). The van der Waals surface area contributed by atoms with Gasteiger partial charge in [-0.3, -0.25) is 4.79 Å². The van der Waals surface area contributed by atoms with Gasteiger partial charge in [-0.1, -0.05) is 0 Å². The number of amides is 1. The maximum Gasteiger partial charge on any atom is 0.573 e. The van der Waals surface area contributed by atoms with E-state index in [1.54, 1.807) is 6.92 Å². The maximum absolute atomic E-state index is 12.1. The summed E-state index contributed by atoms with van der Waals surface area (Å²) in [6.45, 7) is 2.03. The largest absolute Gasteiger partial charge is 0.573 e. The number of nitrogen functional groups attached to an aromatic ring is 1. The Morgan fingerprint density at radius 3 is 2.60 bits per heavy atom. The van der Waals surface area contributed by atoms with Crippen LogP contribution < -0.4 is 15.8 Å². The molecule has 0 spiro atoms. The monoisotopic (exact) mass is 292 g/mol. The van der Waals surface area contributed by atoms with Gasteiger partial charge in [0.05, 0.1) is 11.8 Å². The van der Waals surface area contributed by atoms with Gasteiger partial charge in [0, 0.05) is 19.2 Å². The zero-order valence-electron chi connectivity index (χ0n) is 11.0. The molecule has 0 saturated heterocycles. The van der Waals surface area contributed by atoms with E-state index < -0.39 is 18.0 Å². The van der Waals surface area contributed by atoms with Gasteiger partial charge in [0.1, 0.15) is 0 Å². The van der Waals surface area contributed by atoms with Gasteiger partial charge in [-0.2, -0.15) is 0 Å². The van der Waals surface area contributed by atoms with Crippen LogP contribution in [0.25, 0.3) is 0 Å². The van der Waals surface area contributed by atoms with Crippen molar-refractivity contribution in [1.82, 2.24) is 5.32 Å². The molecule has 0 aliphatic heterocycles. The van der Waals surface area contributed by atoms with E-state index in [0.717, 1.165) is 12.1 Å². The Morgan fingerprint density at radius 1 is 1.45 bits per heavy atom. The molecule has 1 atom stereocenters. The lowest BCUT2D eigenvalue weighted by atomic mass is 10.1. The molecule has 1 amide bonds. The van der Waals surface area contributed by atoms with E-state index in [4.69, 9.17) is 10.5 Å². The molecule has 1 aromatic rings.